The van der Waals surface area contributed by atoms with E-state index >= 15 is 0 Å². The van der Waals surface area contributed by atoms with Gasteiger partial charge in [0, 0.05) is 37.3 Å². The van der Waals surface area contributed by atoms with Gasteiger partial charge in [0.25, 0.3) is 5.91 Å². The molecule has 1 saturated heterocycles. The van der Waals surface area contributed by atoms with E-state index in [1.165, 1.54) is 6.26 Å². The Morgan fingerprint density at radius 2 is 2.29 bits per heavy atom. The number of nitrogens with one attached hydrogen (secondary N) is 1. The Morgan fingerprint density at radius 1 is 1.52 bits per heavy atom. The lowest BCUT2D eigenvalue weighted by Crippen LogP contribution is -2.66. The van der Waals surface area contributed by atoms with Crippen molar-refractivity contribution in [3.63, 3.8) is 0 Å². The third kappa shape index (κ3) is 2.42. The zero-order chi connectivity index (χ0) is 14.9. The van der Waals surface area contributed by atoms with Crippen LogP contribution in [-0.2, 0) is 9.47 Å². The summed E-state index contributed by atoms with van der Waals surface area (Å²) in [5.74, 6) is -0.0552. The Morgan fingerprint density at radius 3 is 2.90 bits per heavy atom. The van der Waals surface area contributed by atoms with Crippen LogP contribution in [0, 0.1) is 5.41 Å². The van der Waals surface area contributed by atoms with E-state index < -0.39 is 0 Å². The molecule has 2 aliphatic rings. The maximum Gasteiger partial charge on any atom is 0.289 e. The van der Waals surface area contributed by atoms with Crippen LogP contribution in [0.25, 0.3) is 0 Å². The highest BCUT2D eigenvalue weighted by Gasteiger charge is 2.56. The number of carbonyl (C=O) groups is 1. The molecule has 0 aromatic carbocycles. The number of ether oxygens (including phenoxy) is 2. The van der Waals surface area contributed by atoms with E-state index in [4.69, 9.17) is 19.6 Å². The van der Waals surface area contributed by atoms with Gasteiger partial charge in [-0.05, 0) is 26.2 Å². The maximum absolute atomic E-state index is 12.3. The zero-order valence-electron chi connectivity index (χ0n) is 12.3. The summed E-state index contributed by atoms with van der Waals surface area (Å²) < 4.78 is 16.5. The number of nitrogens with two attached hydrogens (primary N) is 1. The molecule has 1 spiro atoms. The fraction of sp³-hybridized carbons (Fsp3) is 0.667. The Hall–Kier alpha value is -1.53. The summed E-state index contributed by atoms with van der Waals surface area (Å²) in [7, 11) is 0. The van der Waals surface area contributed by atoms with Gasteiger partial charge in [-0.2, -0.15) is 0 Å². The molecule has 21 heavy (non-hydrogen) atoms. The van der Waals surface area contributed by atoms with Crippen molar-refractivity contribution in [3.05, 3.63) is 18.1 Å². The van der Waals surface area contributed by atoms with Crippen molar-refractivity contribution in [3.8, 4) is 0 Å². The van der Waals surface area contributed by atoms with E-state index in [2.05, 4.69) is 5.32 Å². The van der Waals surface area contributed by atoms with Crippen LogP contribution in [0.4, 0.5) is 5.69 Å². The lowest BCUT2D eigenvalue weighted by atomic mass is 9.57. The average molecular weight is 294 g/mol. The van der Waals surface area contributed by atoms with Crippen molar-refractivity contribution in [2.24, 2.45) is 5.41 Å². The molecule has 0 bridgehead atoms. The molecule has 116 valence electrons. The van der Waals surface area contributed by atoms with E-state index in [1.54, 1.807) is 6.07 Å². The minimum absolute atomic E-state index is 0.00866. The second-order valence-corrected chi connectivity index (χ2v) is 5.76. The largest absolute Gasteiger partial charge is 0.457 e. The summed E-state index contributed by atoms with van der Waals surface area (Å²) in [6, 6.07) is 1.68. The molecule has 2 fully saturated rings. The van der Waals surface area contributed by atoms with E-state index in [0.29, 0.717) is 12.3 Å². The Bertz CT molecular complexity index is 508. The highest BCUT2D eigenvalue weighted by Crippen LogP contribution is 2.50. The van der Waals surface area contributed by atoms with Crippen LogP contribution in [0.2, 0.25) is 0 Å². The molecule has 1 aromatic heterocycles. The fourth-order valence-corrected chi connectivity index (χ4v) is 3.53. The molecule has 0 radical (unpaired) electrons. The summed E-state index contributed by atoms with van der Waals surface area (Å²) in [6.07, 6.45) is 4.29. The predicted molar refractivity (Wildman–Crippen MR) is 76.9 cm³/mol. The molecule has 2 atom stereocenters. The minimum atomic E-state index is -0.247. The second-order valence-electron chi connectivity index (χ2n) is 5.76. The lowest BCUT2D eigenvalue weighted by Gasteiger charge is -2.57. The maximum atomic E-state index is 12.3. The van der Waals surface area contributed by atoms with Crippen molar-refractivity contribution >= 4 is 11.6 Å². The molecule has 1 aliphatic heterocycles. The first-order chi connectivity index (χ1) is 10.2. The summed E-state index contributed by atoms with van der Waals surface area (Å²) in [6.45, 7) is 4.14. The Labute approximate surface area is 124 Å². The van der Waals surface area contributed by atoms with Crippen LogP contribution >= 0.6 is 0 Å². The summed E-state index contributed by atoms with van der Waals surface area (Å²) >= 11 is 0. The number of hydrogen-bond acceptors (Lipinski definition) is 5. The monoisotopic (exact) mass is 294 g/mol. The van der Waals surface area contributed by atoms with Crippen molar-refractivity contribution in [1.29, 1.82) is 0 Å². The first-order valence-corrected chi connectivity index (χ1v) is 7.50. The molecule has 6 heteroatoms. The zero-order valence-corrected chi connectivity index (χ0v) is 12.3. The standard InChI is InChI=1S/C15H22N2O4/c1-2-20-12-9-11(15(12)4-7-19-8-5-15)17-14(18)13-10(16)3-6-21-13/h3,6,11-12H,2,4-5,7-9,16H2,1H3,(H,17,18)/t11-,12-/m1/s1. The van der Waals surface area contributed by atoms with Crippen LogP contribution in [0.15, 0.2) is 16.7 Å². The van der Waals surface area contributed by atoms with E-state index in [9.17, 15) is 4.79 Å². The third-order valence-corrected chi connectivity index (χ3v) is 4.78. The van der Waals surface area contributed by atoms with Gasteiger partial charge in [-0.25, -0.2) is 0 Å². The molecule has 1 saturated carbocycles. The van der Waals surface area contributed by atoms with Gasteiger partial charge in [0.2, 0.25) is 5.76 Å². The molecule has 1 aromatic rings. The van der Waals surface area contributed by atoms with Crippen molar-refractivity contribution in [2.45, 2.75) is 38.3 Å². The number of amides is 1. The van der Waals surface area contributed by atoms with Crippen LogP contribution < -0.4 is 11.1 Å². The van der Waals surface area contributed by atoms with Gasteiger partial charge in [0.05, 0.1) is 18.1 Å². The van der Waals surface area contributed by atoms with Gasteiger partial charge < -0.3 is 24.9 Å². The number of carbonyl (C=O) groups excluding carboxylic acids is 1. The first-order valence-electron chi connectivity index (χ1n) is 7.50. The van der Waals surface area contributed by atoms with Crippen molar-refractivity contribution < 1.29 is 18.7 Å². The van der Waals surface area contributed by atoms with E-state index in [0.717, 1.165) is 32.5 Å². The molecular formula is C15H22N2O4. The normalized spacial score (nSPS) is 27.3. The van der Waals surface area contributed by atoms with Gasteiger partial charge >= 0.3 is 0 Å². The van der Waals surface area contributed by atoms with Crippen LogP contribution in [0.3, 0.4) is 0 Å². The summed E-state index contributed by atoms with van der Waals surface area (Å²) in [5.41, 5.74) is 6.08. The lowest BCUT2D eigenvalue weighted by molar-refractivity contribution is -0.170. The predicted octanol–water partition coefficient (Wildman–Crippen LogP) is 1.57. The van der Waals surface area contributed by atoms with Crippen LogP contribution in [-0.4, -0.2) is 37.9 Å². The highest BCUT2D eigenvalue weighted by molar-refractivity contribution is 5.96. The summed E-state index contributed by atoms with van der Waals surface area (Å²) in [4.78, 5) is 12.3. The molecule has 0 unspecified atom stereocenters. The number of rotatable bonds is 4. The smallest absolute Gasteiger partial charge is 0.289 e. The second kappa shape index (κ2) is 5.69. The van der Waals surface area contributed by atoms with Crippen LogP contribution in [0.1, 0.15) is 36.7 Å². The van der Waals surface area contributed by atoms with Gasteiger partial charge in [-0.15, -0.1) is 0 Å². The molecular weight excluding hydrogens is 272 g/mol. The molecule has 2 heterocycles. The molecule has 1 amide bonds. The van der Waals surface area contributed by atoms with Crippen molar-refractivity contribution in [2.75, 3.05) is 25.6 Å². The average Bonchev–Trinajstić information content (AvgIpc) is 2.93. The molecule has 6 nitrogen and oxygen atoms in total. The van der Waals surface area contributed by atoms with Gasteiger partial charge in [0.15, 0.2) is 0 Å². The number of nitrogen functional groups attached to an aromatic ring is 1. The Kier molecular flexibility index (Phi) is 3.91. The number of hydrogen-bond donors (Lipinski definition) is 2. The number of furan rings is 1. The highest BCUT2D eigenvalue weighted by atomic mass is 16.5. The van der Waals surface area contributed by atoms with Gasteiger partial charge in [-0.1, -0.05) is 0 Å². The van der Waals surface area contributed by atoms with E-state index in [-0.39, 0.29) is 29.2 Å². The first kappa shape index (κ1) is 14.4. The van der Waals surface area contributed by atoms with Gasteiger partial charge in [0.1, 0.15) is 0 Å². The molecule has 3 rings (SSSR count). The SMILES string of the molecule is CCO[C@@H]1C[C@@H](NC(=O)c2occc2N)C12CCOCC2. The fourth-order valence-electron chi connectivity index (χ4n) is 3.53. The minimum Gasteiger partial charge on any atom is -0.457 e. The quantitative estimate of drug-likeness (QED) is 0.880. The third-order valence-electron chi connectivity index (χ3n) is 4.78. The van der Waals surface area contributed by atoms with Crippen molar-refractivity contribution in [1.82, 2.24) is 5.32 Å². The molecule has 1 aliphatic carbocycles. The Balaban J connectivity index is 1.70. The van der Waals surface area contributed by atoms with Gasteiger partial charge in [-0.3, -0.25) is 4.79 Å². The summed E-state index contributed by atoms with van der Waals surface area (Å²) in [5, 5.41) is 3.06. The topological polar surface area (TPSA) is 86.7 Å². The van der Waals surface area contributed by atoms with E-state index in [1.807, 2.05) is 6.92 Å². The number of anilines is 1. The molecule has 3 N–H and O–H groups in total. The van der Waals surface area contributed by atoms with Crippen LogP contribution in [0.5, 0.6) is 0 Å².